The zero-order valence-corrected chi connectivity index (χ0v) is 21.3. The Labute approximate surface area is 218 Å². The van der Waals surface area contributed by atoms with E-state index in [1.807, 2.05) is 48.5 Å². The zero-order chi connectivity index (χ0) is 26.3. The maximum Gasteiger partial charge on any atom is 0.311 e. The van der Waals surface area contributed by atoms with Gasteiger partial charge in [0.1, 0.15) is 6.61 Å². The van der Waals surface area contributed by atoms with Crippen molar-refractivity contribution >= 4 is 39.5 Å². The number of rotatable bonds is 11. The lowest BCUT2D eigenvalue weighted by Gasteiger charge is -2.31. The molecule has 0 aliphatic heterocycles. The fraction of sp³-hybridized carbons (Fsp3) is 0.433. The van der Waals surface area contributed by atoms with Crippen LogP contribution in [-0.2, 0) is 35.2 Å². The smallest absolute Gasteiger partial charge is 0.311 e. The molecule has 0 aliphatic rings. The van der Waals surface area contributed by atoms with E-state index in [1.165, 1.54) is 7.11 Å². The van der Waals surface area contributed by atoms with Crippen molar-refractivity contribution in [3.05, 3.63) is 60.2 Å². The molecule has 0 aliphatic carbocycles. The number of esters is 3. The molecule has 7 nitrogen and oxygen atoms in total. The maximum absolute atomic E-state index is 13.1. The van der Waals surface area contributed by atoms with Crippen molar-refractivity contribution in [1.29, 1.82) is 0 Å². The molecular weight excluding hydrogens is 472 g/mol. The average Bonchev–Trinajstić information content (AvgIpc) is 2.88. The van der Waals surface area contributed by atoms with Gasteiger partial charge in [0.2, 0.25) is 0 Å². The van der Waals surface area contributed by atoms with E-state index in [9.17, 15) is 14.4 Å². The summed E-state index contributed by atoms with van der Waals surface area (Å²) >= 11 is 0. The molecule has 0 heterocycles. The van der Waals surface area contributed by atoms with Crippen molar-refractivity contribution in [3.63, 3.8) is 0 Å². The molecule has 0 fully saturated rings. The molecule has 0 amide bonds. The molecule has 3 unspecified atom stereocenters. The zero-order valence-electron chi connectivity index (χ0n) is 21.3. The summed E-state index contributed by atoms with van der Waals surface area (Å²) in [6.45, 7) is 4.55. The first-order chi connectivity index (χ1) is 17.2. The molecule has 3 aromatic rings. The largest absolute Gasteiger partial charge is 0.469 e. The summed E-state index contributed by atoms with van der Waals surface area (Å²) in [6.07, 6.45) is 0.677. The van der Waals surface area contributed by atoms with Crippen molar-refractivity contribution < 1.29 is 33.7 Å². The Morgan fingerprint density at radius 1 is 0.919 bits per heavy atom. The molecule has 0 bridgehead atoms. The Morgan fingerprint density at radius 3 is 2.00 bits per heavy atom. The Balaban J connectivity index is 0.00000481. The van der Waals surface area contributed by atoms with Crippen LogP contribution in [0.1, 0.15) is 53.0 Å². The summed E-state index contributed by atoms with van der Waals surface area (Å²) in [6, 6.07) is 18.1. The predicted molar refractivity (Wildman–Crippen MR) is 143 cm³/mol. The van der Waals surface area contributed by atoms with E-state index in [1.54, 1.807) is 20.8 Å². The number of fused-ring (bicyclic) bond motifs is 2. The number of benzene rings is 3. The monoisotopic (exact) mass is 510 g/mol. The Hall–Kier alpha value is -3.45. The first-order valence-corrected chi connectivity index (χ1v) is 12.2. The third kappa shape index (κ3) is 6.86. The second-order valence-corrected chi connectivity index (χ2v) is 9.46. The topological polar surface area (TPSA) is 99.1 Å². The van der Waals surface area contributed by atoms with Crippen LogP contribution in [0, 0.1) is 17.3 Å². The van der Waals surface area contributed by atoms with Crippen molar-refractivity contribution in [2.75, 3.05) is 13.9 Å². The Bertz CT molecular complexity index is 1180. The highest BCUT2D eigenvalue weighted by atomic mass is 16.6. The highest BCUT2D eigenvalue weighted by Gasteiger charge is 2.41. The molecule has 1 N–H and O–H groups in total. The number of ether oxygens (including phenoxy) is 3. The molecule has 0 saturated carbocycles. The SMILES string of the molecule is C.CCC(CC(C)(CC(C)C(=O)OCc1c2ccccc2cc2ccccc12)C(=O)OC)C(=O)OCO. The maximum atomic E-state index is 13.1. The summed E-state index contributed by atoms with van der Waals surface area (Å²) in [5, 5.41) is 13.1. The minimum Gasteiger partial charge on any atom is -0.469 e. The molecular formula is C30H38O7. The molecule has 3 atom stereocenters. The third-order valence-corrected chi connectivity index (χ3v) is 6.81. The van der Waals surface area contributed by atoms with E-state index in [2.05, 4.69) is 6.07 Å². The van der Waals surface area contributed by atoms with Crippen LogP contribution in [0.3, 0.4) is 0 Å². The van der Waals surface area contributed by atoms with Crippen molar-refractivity contribution in [1.82, 2.24) is 0 Å². The van der Waals surface area contributed by atoms with Crippen molar-refractivity contribution in [2.24, 2.45) is 17.3 Å². The number of carbonyl (C=O) groups excluding carboxylic acids is 3. The average molecular weight is 511 g/mol. The molecule has 0 radical (unpaired) electrons. The summed E-state index contributed by atoms with van der Waals surface area (Å²) in [5.41, 5.74) is -0.188. The van der Waals surface area contributed by atoms with Gasteiger partial charge < -0.3 is 19.3 Å². The highest BCUT2D eigenvalue weighted by molar-refractivity contribution is 6.02. The summed E-state index contributed by atoms with van der Waals surface area (Å²) in [4.78, 5) is 38.0. The van der Waals surface area contributed by atoms with E-state index < -0.39 is 42.0 Å². The molecule has 0 spiro atoms. The highest BCUT2D eigenvalue weighted by Crippen LogP contribution is 2.37. The number of aliphatic hydroxyl groups excluding tert-OH is 1. The lowest BCUT2D eigenvalue weighted by Crippen LogP contribution is -2.37. The van der Waals surface area contributed by atoms with Gasteiger partial charge in [0.05, 0.1) is 24.4 Å². The van der Waals surface area contributed by atoms with Crippen LogP contribution < -0.4 is 0 Å². The van der Waals surface area contributed by atoms with E-state index >= 15 is 0 Å². The lowest BCUT2D eigenvalue weighted by atomic mass is 9.74. The van der Waals surface area contributed by atoms with E-state index in [0.717, 1.165) is 27.1 Å². The van der Waals surface area contributed by atoms with Gasteiger partial charge in [-0.15, -0.1) is 0 Å². The summed E-state index contributed by atoms with van der Waals surface area (Å²) in [5.74, 6) is -2.79. The Morgan fingerprint density at radius 2 is 1.49 bits per heavy atom. The number of methoxy groups -OCH3 is 1. The van der Waals surface area contributed by atoms with Gasteiger partial charge in [-0.3, -0.25) is 14.4 Å². The second-order valence-electron chi connectivity index (χ2n) is 9.46. The molecule has 0 saturated heterocycles. The number of hydrogen-bond acceptors (Lipinski definition) is 7. The lowest BCUT2D eigenvalue weighted by molar-refractivity contribution is -0.162. The van der Waals surface area contributed by atoms with Crippen LogP contribution in [-0.4, -0.2) is 36.9 Å². The molecule has 3 aromatic carbocycles. The van der Waals surface area contributed by atoms with Gasteiger partial charge in [-0.2, -0.15) is 0 Å². The first-order valence-electron chi connectivity index (χ1n) is 12.2. The Kier molecular flexibility index (Phi) is 10.6. The number of aliphatic hydroxyl groups is 1. The van der Waals surface area contributed by atoms with Crippen LogP contribution >= 0.6 is 0 Å². The van der Waals surface area contributed by atoms with E-state index in [-0.39, 0.29) is 26.9 Å². The molecule has 3 rings (SSSR count). The first kappa shape index (κ1) is 29.8. The third-order valence-electron chi connectivity index (χ3n) is 6.81. The standard InChI is InChI=1S/C29H34O7.CH4/c1-5-20(27(32)36-18-30)16-29(3,28(33)34-4)15-19(2)26(31)35-17-25-23-12-8-6-10-21(23)14-22-11-7-9-13-24(22)25;/h6-14,19-20,30H,5,15-18H2,1-4H3;1H4. The quantitative estimate of drug-likeness (QED) is 0.151. The molecule has 37 heavy (non-hydrogen) atoms. The van der Waals surface area contributed by atoms with Crippen LogP contribution in [0.2, 0.25) is 0 Å². The molecule has 200 valence electrons. The van der Waals surface area contributed by atoms with Crippen LogP contribution in [0.4, 0.5) is 0 Å². The second kappa shape index (κ2) is 13.2. The van der Waals surface area contributed by atoms with Gasteiger partial charge in [0.15, 0.2) is 6.79 Å². The van der Waals surface area contributed by atoms with Crippen LogP contribution in [0.15, 0.2) is 54.6 Å². The summed E-state index contributed by atoms with van der Waals surface area (Å²) in [7, 11) is 1.28. The number of hydrogen-bond donors (Lipinski definition) is 1. The van der Waals surface area contributed by atoms with Crippen LogP contribution in [0.5, 0.6) is 0 Å². The van der Waals surface area contributed by atoms with Crippen molar-refractivity contribution in [2.45, 2.75) is 54.1 Å². The fourth-order valence-electron chi connectivity index (χ4n) is 4.92. The van der Waals surface area contributed by atoms with Crippen LogP contribution in [0.25, 0.3) is 21.5 Å². The fourth-order valence-corrected chi connectivity index (χ4v) is 4.92. The summed E-state index contributed by atoms with van der Waals surface area (Å²) < 4.78 is 15.5. The molecule has 7 heteroatoms. The molecule has 0 aromatic heterocycles. The van der Waals surface area contributed by atoms with Gasteiger partial charge in [-0.25, -0.2) is 0 Å². The minimum absolute atomic E-state index is 0. The van der Waals surface area contributed by atoms with Gasteiger partial charge in [-0.05, 0) is 53.8 Å². The predicted octanol–water partition coefficient (Wildman–Crippen LogP) is 5.79. The van der Waals surface area contributed by atoms with E-state index in [4.69, 9.17) is 19.3 Å². The number of carbonyl (C=O) groups is 3. The van der Waals surface area contributed by atoms with Gasteiger partial charge >= 0.3 is 17.9 Å². The normalized spacial score (nSPS) is 14.2. The minimum atomic E-state index is -1.12. The van der Waals surface area contributed by atoms with Crippen molar-refractivity contribution in [3.8, 4) is 0 Å². The van der Waals surface area contributed by atoms with Gasteiger partial charge in [0, 0.05) is 5.56 Å². The van der Waals surface area contributed by atoms with E-state index in [0.29, 0.717) is 6.42 Å². The van der Waals surface area contributed by atoms with Gasteiger partial charge in [0.25, 0.3) is 0 Å². The van der Waals surface area contributed by atoms with Gasteiger partial charge in [-0.1, -0.05) is 69.8 Å².